The molecular weight excluding hydrogens is 310 g/mol. The molecule has 4 nitrogen and oxygen atoms in total. The van der Waals surface area contributed by atoms with Gasteiger partial charge in [-0.25, -0.2) is 0 Å². The SMILES string of the molecule is Clc1ccc(OCc2cc(C3CCN(CC4CC4)C3)n[nH]2)cc1. The molecule has 1 atom stereocenters. The van der Waals surface area contributed by atoms with E-state index in [1.54, 1.807) is 0 Å². The maximum Gasteiger partial charge on any atom is 0.130 e. The summed E-state index contributed by atoms with van der Waals surface area (Å²) in [6, 6.07) is 9.59. The van der Waals surface area contributed by atoms with Crippen molar-refractivity contribution in [3.63, 3.8) is 0 Å². The molecule has 0 radical (unpaired) electrons. The normalized spacial score (nSPS) is 21.7. The summed E-state index contributed by atoms with van der Waals surface area (Å²) in [7, 11) is 0. The first-order valence-electron chi connectivity index (χ1n) is 8.41. The van der Waals surface area contributed by atoms with Crippen LogP contribution in [0, 0.1) is 5.92 Å². The van der Waals surface area contributed by atoms with Crippen LogP contribution in [0.2, 0.25) is 5.02 Å². The van der Waals surface area contributed by atoms with Crippen LogP contribution in [0.5, 0.6) is 5.75 Å². The molecule has 5 heteroatoms. The third-order valence-corrected chi connectivity index (χ3v) is 5.01. The van der Waals surface area contributed by atoms with Gasteiger partial charge < -0.3 is 9.64 Å². The van der Waals surface area contributed by atoms with Crippen LogP contribution in [0.1, 0.15) is 36.6 Å². The summed E-state index contributed by atoms with van der Waals surface area (Å²) >= 11 is 5.88. The Labute approximate surface area is 141 Å². The number of ether oxygens (including phenoxy) is 1. The van der Waals surface area contributed by atoms with E-state index in [0.717, 1.165) is 28.9 Å². The van der Waals surface area contributed by atoms with Gasteiger partial charge in [-0.3, -0.25) is 5.10 Å². The largest absolute Gasteiger partial charge is 0.487 e. The number of benzene rings is 1. The van der Waals surface area contributed by atoms with Crippen molar-refractivity contribution in [2.45, 2.75) is 31.8 Å². The number of H-pyrrole nitrogens is 1. The first-order chi connectivity index (χ1) is 11.3. The van der Waals surface area contributed by atoms with Crippen molar-refractivity contribution in [2.75, 3.05) is 19.6 Å². The van der Waals surface area contributed by atoms with Crippen molar-refractivity contribution >= 4 is 11.6 Å². The molecule has 1 unspecified atom stereocenters. The minimum absolute atomic E-state index is 0.507. The summed E-state index contributed by atoms with van der Waals surface area (Å²) in [6.45, 7) is 4.16. The minimum Gasteiger partial charge on any atom is -0.487 e. The molecular formula is C18H22ClN3O. The van der Waals surface area contributed by atoms with Gasteiger partial charge in [0.15, 0.2) is 0 Å². The van der Waals surface area contributed by atoms with Gasteiger partial charge >= 0.3 is 0 Å². The van der Waals surface area contributed by atoms with Crippen molar-refractivity contribution in [3.05, 3.63) is 46.7 Å². The van der Waals surface area contributed by atoms with Gasteiger partial charge in [-0.15, -0.1) is 0 Å². The Morgan fingerprint density at radius 2 is 2.04 bits per heavy atom. The highest BCUT2D eigenvalue weighted by atomic mass is 35.5. The van der Waals surface area contributed by atoms with Gasteiger partial charge in [0.05, 0.1) is 11.4 Å². The molecule has 122 valence electrons. The van der Waals surface area contributed by atoms with Gasteiger partial charge in [0.1, 0.15) is 12.4 Å². The van der Waals surface area contributed by atoms with Crippen LogP contribution in [0.15, 0.2) is 30.3 Å². The number of aromatic nitrogens is 2. The van der Waals surface area contributed by atoms with Crippen molar-refractivity contribution in [1.29, 1.82) is 0 Å². The average Bonchev–Trinajstić information content (AvgIpc) is 3.06. The number of likely N-dealkylation sites (tertiary alicyclic amines) is 1. The Balaban J connectivity index is 1.31. The van der Waals surface area contributed by atoms with E-state index < -0.39 is 0 Å². The third kappa shape index (κ3) is 3.88. The summed E-state index contributed by atoms with van der Waals surface area (Å²) in [5.41, 5.74) is 2.20. The molecule has 0 bridgehead atoms. The number of halogens is 1. The number of hydrogen-bond donors (Lipinski definition) is 1. The lowest BCUT2D eigenvalue weighted by molar-refractivity contribution is 0.301. The molecule has 1 N–H and O–H groups in total. The lowest BCUT2D eigenvalue weighted by atomic mass is 10.1. The monoisotopic (exact) mass is 331 g/mol. The van der Waals surface area contributed by atoms with Crippen LogP contribution in [0.25, 0.3) is 0 Å². The highest BCUT2D eigenvalue weighted by Crippen LogP contribution is 2.33. The summed E-state index contributed by atoms with van der Waals surface area (Å²) < 4.78 is 5.76. The molecule has 2 aliphatic rings. The highest BCUT2D eigenvalue weighted by molar-refractivity contribution is 6.30. The second-order valence-corrected chi connectivity index (χ2v) is 7.19. The molecule has 2 heterocycles. The zero-order valence-electron chi connectivity index (χ0n) is 13.2. The van der Waals surface area contributed by atoms with E-state index in [2.05, 4.69) is 21.2 Å². The Bertz CT molecular complexity index is 651. The smallest absolute Gasteiger partial charge is 0.130 e. The second-order valence-electron chi connectivity index (χ2n) is 6.75. The van der Waals surface area contributed by atoms with E-state index in [4.69, 9.17) is 16.3 Å². The van der Waals surface area contributed by atoms with E-state index in [1.165, 1.54) is 38.0 Å². The van der Waals surface area contributed by atoms with Gasteiger partial charge in [-0.2, -0.15) is 5.10 Å². The van der Waals surface area contributed by atoms with E-state index in [0.29, 0.717) is 12.5 Å². The maximum absolute atomic E-state index is 5.88. The lowest BCUT2D eigenvalue weighted by Crippen LogP contribution is -2.22. The first kappa shape index (κ1) is 15.0. The van der Waals surface area contributed by atoms with Crippen molar-refractivity contribution in [1.82, 2.24) is 15.1 Å². The van der Waals surface area contributed by atoms with Crippen LogP contribution >= 0.6 is 11.6 Å². The number of hydrogen-bond acceptors (Lipinski definition) is 3. The highest BCUT2D eigenvalue weighted by Gasteiger charge is 2.30. The van der Waals surface area contributed by atoms with Crippen molar-refractivity contribution in [3.8, 4) is 5.75 Å². The summed E-state index contributed by atoms with van der Waals surface area (Å²) in [5, 5.41) is 8.33. The Morgan fingerprint density at radius 1 is 1.22 bits per heavy atom. The third-order valence-electron chi connectivity index (χ3n) is 4.76. The second kappa shape index (κ2) is 6.54. The van der Waals surface area contributed by atoms with Crippen LogP contribution < -0.4 is 4.74 Å². The minimum atomic E-state index is 0.507. The maximum atomic E-state index is 5.88. The van der Waals surface area contributed by atoms with Crippen LogP contribution in [-0.2, 0) is 6.61 Å². The van der Waals surface area contributed by atoms with E-state index >= 15 is 0 Å². The van der Waals surface area contributed by atoms with Gasteiger partial charge in [0, 0.05) is 24.0 Å². The molecule has 1 aromatic heterocycles. The molecule has 2 fully saturated rings. The molecule has 2 aromatic rings. The van der Waals surface area contributed by atoms with Gasteiger partial charge in [-0.05, 0) is 62.1 Å². The lowest BCUT2D eigenvalue weighted by Gasteiger charge is -2.14. The predicted molar refractivity (Wildman–Crippen MR) is 90.9 cm³/mol. The topological polar surface area (TPSA) is 41.1 Å². The number of nitrogens with one attached hydrogen (secondary N) is 1. The quantitative estimate of drug-likeness (QED) is 0.874. The fraction of sp³-hybridized carbons (Fsp3) is 0.500. The number of rotatable bonds is 6. The molecule has 4 rings (SSSR count). The standard InChI is InChI=1S/C18H22ClN3O/c19-15-3-5-17(6-4-15)23-12-16-9-18(21-20-16)14-7-8-22(11-14)10-13-1-2-13/h3-6,9,13-14H,1-2,7-8,10-12H2,(H,20,21). The van der Waals surface area contributed by atoms with Gasteiger partial charge in [0.25, 0.3) is 0 Å². The fourth-order valence-corrected chi connectivity index (χ4v) is 3.39. The van der Waals surface area contributed by atoms with E-state index in [9.17, 15) is 0 Å². The van der Waals surface area contributed by atoms with Crippen molar-refractivity contribution in [2.24, 2.45) is 5.92 Å². The van der Waals surface area contributed by atoms with E-state index in [-0.39, 0.29) is 0 Å². The van der Waals surface area contributed by atoms with Gasteiger partial charge in [-0.1, -0.05) is 11.6 Å². The summed E-state index contributed by atoms with van der Waals surface area (Å²) in [6.07, 6.45) is 4.07. The molecule has 1 saturated heterocycles. The molecule has 1 aliphatic carbocycles. The number of nitrogens with zero attached hydrogens (tertiary/aromatic N) is 2. The molecule has 0 amide bonds. The zero-order chi connectivity index (χ0) is 15.6. The molecule has 0 spiro atoms. The van der Waals surface area contributed by atoms with Crippen molar-refractivity contribution < 1.29 is 4.74 Å². The van der Waals surface area contributed by atoms with Gasteiger partial charge in [0.2, 0.25) is 0 Å². The molecule has 1 saturated carbocycles. The summed E-state index contributed by atoms with van der Waals surface area (Å²) in [5.74, 6) is 2.35. The predicted octanol–water partition coefficient (Wildman–Crippen LogP) is 3.84. The van der Waals surface area contributed by atoms with Crippen LogP contribution in [0.4, 0.5) is 0 Å². The molecule has 1 aliphatic heterocycles. The Hall–Kier alpha value is -1.52. The fourth-order valence-electron chi connectivity index (χ4n) is 3.26. The van der Waals surface area contributed by atoms with E-state index in [1.807, 2.05) is 24.3 Å². The zero-order valence-corrected chi connectivity index (χ0v) is 13.9. The Morgan fingerprint density at radius 3 is 2.83 bits per heavy atom. The molecule has 23 heavy (non-hydrogen) atoms. The Kier molecular flexibility index (Phi) is 4.27. The number of aromatic amines is 1. The molecule has 1 aromatic carbocycles. The van der Waals surface area contributed by atoms with Crippen LogP contribution in [-0.4, -0.2) is 34.7 Å². The van der Waals surface area contributed by atoms with Crippen LogP contribution in [0.3, 0.4) is 0 Å². The first-order valence-corrected chi connectivity index (χ1v) is 8.79. The average molecular weight is 332 g/mol. The summed E-state index contributed by atoms with van der Waals surface area (Å²) in [4.78, 5) is 2.60.